The summed E-state index contributed by atoms with van der Waals surface area (Å²) in [4.78, 5) is 0. The molecule has 70 valence electrons. The number of phenolic OH excluding ortho intramolecular Hbond substituents is 1. The van der Waals surface area contributed by atoms with E-state index in [-0.39, 0.29) is 11.9 Å². The highest BCUT2D eigenvalue weighted by Gasteiger charge is 2.20. The Kier molecular flexibility index (Phi) is 1.87. The van der Waals surface area contributed by atoms with Crippen LogP contribution in [0.25, 0.3) is 0 Å². The maximum absolute atomic E-state index is 12.8. The lowest BCUT2D eigenvalue weighted by Crippen LogP contribution is -2.18. The number of ether oxygens (including phenoxy) is 1. The highest BCUT2D eigenvalue weighted by Crippen LogP contribution is 2.36. The van der Waals surface area contributed by atoms with E-state index in [0.29, 0.717) is 5.75 Å². The fourth-order valence-electron chi connectivity index (χ4n) is 1.57. The summed E-state index contributed by atoms with van der Waals surface area (Å²) in [7, 11) is 0. The fourth-order valence-corrected chi connectivity index (χ4v) is 1.57. The third-order valence-corrected chi connectivity index (χ3v) is 2.25. The minimum atomic E-state index is -0.408. The summed E-state index contributed by atoms with van der Waals surface area (Å²) in [6.45, 7) is 1.94. The Hall–Kier alpha value is -1.25. The molecule has 1 heterocycles. The van der Waals surface area contributed by atoms with E-state index in [4.69, 9.17) is 4.74 Å². The Bertz CT molecular complexity index is 336. The topological polar surface area (TPSA) is 29.5 Å². The highest BCUT2D eigenvalue weighted by molar-refractivity contribution is 5.47. The molecule has 1 aliphatic heterocycles. The molecule has 0 saturated heterocycles. The molecule has 0 bridgehead atoms. The normalized spacial score (nSPS) is 20.6. The number of phenols is 1. The molecule has 2 nitrogen and oxygen atoms in total. The number of hydrogen-bond acceptors (Lipinski definition) is 2. The van der Waals surface area contributed by atoms with Gasteiger partial charge in [0.1, 0.15) is 5.82 Å². The van der Waals surface area contributed by atoms with Crippen molar-refractivity contribution in [2.24, 2.45) is 0 Å². The quantitative estimate of drug-likeness (QED) is 0.666. The molecule has 1 aliphatic rings. The van der Waals surface area contributed by atoms with Gasteiger partial charge in [-0.1, -0.05) is 0 Å². The van der Waals surface area contributed by atoms with Gasteiger partial charge in [0.15, 0.2) is 11.5 Å². The number of hydrogen-bond donors (Lipinski definition) is 1. The van der Waals surface area contributed by atoms with Gasteiger partial charge in [-0.15, -0.1) is 0 Å². The van der Waals surface area contributed by atoms with Gasteiger partial charge in [-0.2, -0.15) is 0 Å². The first kappa shape index (κ1) is 8.35. The predicted molar refractivity (Wildman–Crippen MR) is 46.5 cm³/mol. The van der Waals surface area contributed by atoms with Crippen LogP contribution in [0.2, 0.25) is 0 Å². The first-order chi connectivity index (χ1) is 6.16. The van der Waals surface area contributed by atoms with Crippen LogP contribution >= 0.6 is 0 Å². The van der Waals surface area contributed by atoms with Gasteiger partial charge >= 0.3 is 0 Å². The van der Waals surface area contributed by atoms with E-state index in [1.165, 1.54) is 6.07 Å². The number of halogens is 1. The Morgan fingerprint density at radius 3 is 3.08 bits per heavy atom. The lowest BCUT2D eigenvalue weighted by Gasteiger charge is -2.23. The minimum absolute atomic E-state index is 0.0958. The fraction of sp³-hybridized carbons (Fsp3) is 0.400. The summed E-state index contributed by atoms with van der Waals surface area (Å²) >= 11 is 0. The molecule has 1 aromatic carbocycles. The zero-order valence-electron chi connectivity index (χ0n) is 7.38. The van der Waals surface area contributed by atoms with E-state index < -0.39 is 5.82 Å². The molecule has 1 N–H and O–H groups in total. The summed E-state index contributed by atoms with van der Waals surface area (Å²) in [6, 6.07) is 2.50. The van der Waals surface area contributed by atoms with Gasteiger partial charge in [-0.3, -0.25) is 0 Å². The average molecular weight is 182 g/mol. The van der Waals surface area contributed by atoms with Crippen molar-refractivity contribution in [1.29, 1.82) is 0 Å². The van der Waals surface area contributed by atoms with Crippen molar-refractivity contribution in [3.63, 3.8) is 0 Å². The van der Waals surface area contributed by atoms with Gasteiger partial charge < -0.3 is 9.84 Å². The van der Waals surface area contributed by atoms with Gasteiger partial charge in [0.25, 0.3) is 0 Å². The van der Waals surface area contributed by atoms with E-state index in [2.05, 4.69) is 0 Å². The molecule has 2 rings (SSSR count). The maximum Gasteiger partial charge on any atom is 0.164 e. The van der Waals surface area contributed by atoms with Gasteiger partial charge in [0, 0.05) is 11.6 Å². The molecule has 1 unspecified atom stereocenters. The number of rotatable bonds is 0. The number of benzene rings is 1. The summed E-state index contributed by atoms with van der Waals surface area (Å²) in [6.07, 6.45) is 1.74. The lowest BCUT2D eigenvalue weighted by atomic mass is 10.0. The minimum Gasteiger partial charge on any atom is -0.504 e. The van der Waals surface area contributed by atoms with Crippen LogP contribution in [0.5, 0.6) is 11.5 Å². The number of aryl methyl sites for hydroxylation is 1. The molecular formula is C10H11FO2. The Morgan fingerprint density at radius 1 is 1.54 bits per heavy atom. The number of aromatic hydroxyl groups is 1. The molecule has 0 fully saturated rings. The molecule has 0 spiro atoms. The monoisotopic (exact) mass is 182 g/mol. The van der Waals surface area contributed by atoms with Crippen molar-refractivity contribution in [3.05, 3.63) is 23.5 Å². The van der Waals surface area contributed by atoms with Gasteiger partial charge in [0.2, 0.25) is 0 Å². The van der Waals surface area contributed by atoms with Crippen LogP contribution in [0, 0.1) is 5.82 Å². The molecule has 3 heteroatoms. The average Bonchev–Trinajstić information content (AvgIpc) is 2.06. The molecular weight excluding hydrogens is 171 g/mol. The molecule has 1 aromatic rings. The van der Waals surface area contributed by atoms with Crippen LogP contribution in [0.1, 0.15) is 18.9 Å². The van der Waals surface area contributed by atoms with Crippen LogP contribution in [0.3, 0.4) is 0 Å². The van der Waals surface area contributed by atoms with E-state index in [1.54, 1.807) is 0 Å². The lowest BCUT2D eigenvalue weighted by molar-refractivity contribution is 0.184. The summed E-state index contributed by atoms with van der Waals surface area (Å²) in [5, 5.41) is 9.39. The predicted octanol–water partition coefficient (Wildman–Crippen LogP) is 2.24. The Labute approximate surface area is 76.0 Å². The molecule has 0 amide bonds. The number of fused-ring (bicyclic) bond motifs is 1. The zero-order chi connectivity index (χ0) is 9.42. The van der Waals surface area contributed by atoms with Crippen LogP contribution in [0.15, 0.2) is 12.1 Å². The standard InChI is InChI=1S/C10H11FO2/c1-6-2-3-7-4-8(11)5-9(12)10(7)13-6/h4-6,12H,2-3H2,1H3. The van der Waals surface area contributed by atoms with Crippen LogP contribution < -0.4 is 4.74 Å². The molecule has 1 atom stereocenters. The van der Waals surface area contributed by atoms with Crippen LogP contribution in [-0.4, -0.2) is 11.2 Å². The molecule has 0 aromatic heterocycles. The van der Waals surface area contributed by atoms with Crippen molar-refractivity contribution in [3.8, 4) is 11.5 Å². The van der Waals surface area contributed by atoms with Crippen molar-refractivity contribution >= 4 is 0 Å². The Balaban J connectivity index is 2.47. The molecule has 13 heavy (non-hydrogen) atoms. The van der Waals surface area contributed by atoms with Crippen molar-refractivity contribution in [2.75, 3.05) is 0 Å². The second kappa shape index (κ2) is 2.91. The molecule has 0 aliphatic carbocycles. The van der Waals surface area contributed by atoms with Crippen molar-refractivity contribution < 1.29 is 14.2 Å². The van der Waals surface area contributed by atoms with Gasteiger partial charge in [-0.05, 0) is 25.8 Å². The van der Waals surface area contributed by atoms with Crippen molar-refractivity contribution in [2.45, 2.75) is 25.9 Å². The van der Waals surface area contributed by atoms with Crippen molar-refractivity contribution in [1.82, 2.24) is 0 Å². The molecule has 0 saturated carbocycles. The summed E-state index contributed by atoms with van der Waals surface area (Å²) < 4.78 is 18.2. The highest BCUT2D eigenvalue weighted by atomic mass is 19.1. The molecule has 0 radical (unpaired) electrons. The Morgan fingerprint density at radius 2 is 2.31 bits per heavy atom. The summed E-state index contributed by atoms with van der Waals surface area (Å²) in [5.74, 6) is -0.0592. The van der Waals surface area contributed by atoms with Gasteiger partial charge in [0.05, 0.1) is 6.10 Å². The summed E-state index contributed by atoms with van der Waals surface area (Å²) in [5.41, 5.74) is 0.760. The first-order valence-corrected chi connectivity index (χ1v) is 4.35. The van der Waals surface area contributed by atoms with E-state index in [9.17, 15) is 9.50 Å². The second-order valence-electron chi connectivity index (χ2n) is 3.38. The van der Waals surface area contributed by atoms with E-state index in [1.807, 2.05) is 6.92 Å². The van der Waals surface area contributed by atoms with Gasteiger partial charge in [-0.25, -0.2) is 4.39 Å². The SMILES string of the molecule is CC1CCc2cc(F)cc(O)c2O1. The van der Waals surface area contributed by atoms with Crippen LogP contribution in [-0.2, 0) is 6.42 Å². The third kappa shape index (κ3) is 1.46. The van der Waals surface area contributed by atoms with Crippen LogP contribution in [0.4, 0.5) is 4.39 Å². The van der Waals surface area contributed by atoms with E-state index >= 15 is 0 Å². The largest absolute Gasteiger partial charge is 0.504 e. The zero-order valence-corrected chi connectivity index (χ0v) is 7.38. The first-order valence-electron chi connectivity index (χ1n) is 4.35. The second-order valence-corrected chi connectivity index (χ2v) is 3.38. The third-order valence-electron chi connectivity index (χ3n) is 2.25. The van der Waals surface area contributed by atoms with E-state index in [0.717, 1.165) is 24.5 Å². The smallest absolute Gasteiger partial charge is 0.164 e. The maximum atomic E-state index is 12.8.